The Morgan fingerprint density at radius 2 is 1.88 bits per heavy atom. The van der Waals surface area contributed by atoms with E-state index in [0.29, 0.717) is 40.6 Å². The lowest BCUT2D eigenvalue weighted by molar-refractivity contribution is 0.0954. The van der Waals surface area contributed by atoms with E-state index >= 15 is 0 Å². The Hall–Kier alpha value is -2.53. The van der Waals surface area contributed by atoms with Crippen LogP contribution >= 0.6 is 11.6 Å². The summed E-state index contributed by atoms with van der Waals surface area (Å²) in [5.41, 5.74) is 1.77. The Balaban J connectivity index is 2.06. The van der Waals surface area contributed by atoms with Gasteiger partial charge in [-0.1, -0.05) is 17.7 Å². The summed E-state index contributed by atoms with van der Waals surface area (Å²) >= 11 is 5.88. The summed E-state index contributed by atoms with van der Waals surface area (Å²) in [6, 6.07) is 10.1. The number of carbonyl (C=O) groups excluding carboxylic acids is 2. The van der Waals surface area contributed by atoms with Gasteiger partial charge in [-0.3, -0.25) is 9.59 Å². The van der Waals surface area contributed by atoms with Crippen molar-refractivity contribution in [3.63, 3.8) is 0 Å². The van der Waals surface area contributed by atoms with Gasteiger partial charge >= 0.3 is 0 Å². The summed E-state index contributed by atoms with van der Waals surface area (Å²) in [6.45, 7) is 0.377. The number of amides is 1. The first-order chi connectivity index (χ1) is 11.6. The van der Waals surface area contributed by atoms with E-state index in [1.54, 1.807) is 36.4 Å². The van der Waals surface area contributed by atoms with Crippen LogP contribution in [0.4, 0.5) is 0 Å². The molecular formula is C18H18ClNO4. The van der Waals surface area contributed by atoms with Gasteiger partial charge in [-0.2, -0.15) is 0 Å². The number of benzene rings is 2. The van der Waals surface area contributed by atoms with Crippen molar-refractivity contribution in [2.45, 2.75) is 6.42 Å². The van der Waals surface area contributed by atoms with Crippen LogP contribution in [0.3, 0.4) is 0 Å². The highest BCUT2D eigenvalue weighted by molar-refractivity contribution is 6.30. The van der Waals surface area contributed by atoms with Gasteiger partial charge in [-0.15, -0.1) is 0 Å². The number of methoxy groups -OCH3 is 2. The van der Waals surface area contributed by atoms with Crippen LogP contribution in [0.25, 0.3) is 0 Å². The average Bonchev–Trinajstić information content (AvgIpc) is 2.61. The number of halogens is 1. The molecule has 1 amide bonds. The molecule has 0 heterocycles. The van der Waals surface area contributed by atoms with Crippen LogP contribution in [-0.2, 0) is 6.42 Å². The zero-order valence-corrected chi connectivity index (χ0v) is 14.2. The highest BCUT2D eigenvalue weighted by Crippen LogP contribution is 2.30. The molecule has 0 aliphatic heterocycles. The monoisotopic (exact) mass is 347 g/mol. The minimum absolute atomic E-state index is 0.217. The van der Waals surface area contributed by atoms with E-state index in [-0.39, 0.29) is 5.91 Å². The number of aldehydes is 1. The van der Waals surface area contributed by atoms with Crippen LogP contribution in [-0.4, -0.2) is 33.0 Å². The molecule has 0 atom stereocenters. The lowest BCUT2D eigenvalue weighted by atomic mass is 10.0. The van der Waals surface area contributed by atoms with Crippen molar-refractivity contribution in [2.75, 3.05) is 20.8 Å². The Morgan fingerprint density at radius 3 is 2.50 bits per heavy atom. The summed E-state index contributed by atoms with van der Waals surface area (Å²) < 4.78 is 10.4. The molecule has 0 aliphatic rings. The molecule has 2 aromatic rings. The number of ether oxygens (including phenoxy) is 2. The van der Waals surface area contributed by atoms with Gasteiger partial charge in [0.05, 0.1) is 14.2 Å². The third kappa shape index (κ3) is 4.26. The maximum absolute atomic E-state index is 12.1. The van der Waals surface area contributed by atoms with Gasteiger partial charge in [-0.05, 0) is 42.3 Å². The number of carbonyl (C=O) groups is 2. The molecule has 0 saturated carbocycles. The van der Waals surface area contributed by atoms with Gasteiger partial charge in [0, 0.05) is 22.7 Å². The van der Waals surface area contributed by atoms with Gasteiger partial charge in [-0.25, -0.2) is 0 Å². The number of hydrogen-bond acceptors (Lipinski definition) is 4. The van der Waals surface area contributed by atoms with E-state index in [4.69, 9.17) is 21.1 Å². The molecule has 6 heteroatoms. The van der Waals surface area contributed by atoms with E-state index in [2.05, 4.69) is 5.32 Å². The number of hydrogen-bond donors (Lipinski definition) is 1. The van der Waals surface area contributed by atoms with Crippen LogP contribution in [0.15, 0.2) is 36.4 Å². The predicted molar refractivity (Wildman–Crippen MR) is 92.4 cm³/mol. The second-order valence-electron chi connectivity index (χ2n) is 5.04. The molecule has 24 heavy (non-hydrogen) atoms. The van der Waals surface area contributed by atoms with Crippen molar-refractivity contribution in [1.29, 1.82) is 0 Å². The molecule has 0 bridgehead atoms. The number of rotatable bonds is 7. The molecule has 0 unspecified atom stereocenters. The fraction of sp³-hybridized carbons (Fsp3) is 0.222. The van der Waals surface area contributed by atoms with Gasteiger partial charge in [0.15, 0.2) is 11.5 Å². The molecule has 0 radical (unpaired) electrons. The van der Waals surface area contributed by atoms with Crippen LogP contribution in [0.5, 0.6) is 11.5 Å². The van der Waals surface area contributed by atoms with Crippen molar-refractivity contribution in [3.05, 3.63) is 58.1 Å². The van der Waals surface area contributed by atoms with E-state index in [1.807, 2.05) is 0 Å². The third-order valence-electron chi connectivity index (χ3n) is 3.54. The zero-order chi connectivity index (χ0) is 17.5. The second kappa shape index (κ2) is 8.36. The Bertz CT molecular complexity index is 746. The SMILES string of the molecule is COc1cc(C=O)c(CCNC(=O)c2cccc(Cl)c2)cc1OC. The molecule has 1 N–H and O–H groups in total. The van der Waals surface area contributed by atoms with Crippen molar-refractivity contribution < 1.29 is 19.1 Å². The lowest BCUT2D eigenvalue weighted by Crippen LogP contribution is -2.25. The largest absolute Gasteiger partial charge is 0.493 e. The molecule has 126 valence electrons. The fourth-order valence-electron chi connectivity index (χ4n) is 2.31. The van der Waals surface area contributed by atoms with E-state index in [1.165, 1.54) is 14.2 Å². The predicted octanol–water partition coefficient (Wildman–Crippen LogP) is 3.14. The van der Waals surface area contributed by atoms with Gasteiger partial charge < -0.3 is 14.8 Å². The van der Waals surface area contributed by atoms with Gasteiger partial charge in [0.1, 0.15) is 6.29 Å². The summed E-state index contributed by atoms with van der Waals surface area (Å²) in [5.74, 6) is 0.816. The Morgan fingerprint density at radius 1 is 1.17 bits per heavy atom. The Kier molecular flexibility index (Phi) is 6.21. The fourth-order valence-corrected chi connectivity index (χ4v) is 2.50. The van der Waals surface area contributed by atoms with Crippen molar-refractivity contribution in [1.82, 2.24) is 5.32 Å². The minimum atomic E-state index is -0.217. The summed E-state index contributed by atoms with van der Waals surface area (Å²) in [4.78, 5) is 23.3. The van der Waals surface area contributed by atoms with E-state index < -0.39 is 0 Å². The first-order valence-electron chi connectivity index (χ1n) is 7.33. The van der Waals surface area contributed by atoms with E-state index in [0.717, 1.165) is 11.8 Å². The van der Waals surface area contributed by atoms with Crippen molar-refractivity contribution >= 4 is 23.8 Å². The summed E-state index contributed by atoms with van der Waals surface area (Å²) in [7, 11) is 3.04. The molecule has 5 nitrogen and oxygen atoms in total. The smallest absolute Gasteiger partial charge is 0.251 e. The summed E-state index contributed by atoms with van der Waals surface area (Å²) in [5, 5.41) is 3.31. The minimum Gasteiger partial charge on any atom is -0.493 e. The number of nitrogens with one attached hydrogen (secondary N) is 1. The maximum atomic E-state index is 12.1. The van der Waals surface area contributed by atoms with Crippen LogP contribution in [0.2, 0.25) is 5.02 Å². The first kappa shape index (κ1) is 17.8. The van der Waals surface area contributed by atoms with Gasteiger partial charge in [0.25, 0.3) is 5.91 Å². The third-order valence-corrected chi connectivity index (χ3v) is 3.77. The van der Waals surface area contributed by atoms with Crippen molar-refractivity contribution in [2.24, 2.45) is 0 Å². The van der Waals surface area contributed by atoms with Crippen molar-refractivity contribution in [3.8, 4) is 11.5 Å². The maximum Gasteiger partial charge on any atom is 0.251 e. The van der Waals surface area contributed by atoms with E-state index in [9.17, 15) is 9.59 Å². The quantitative estimate of drug-likeness (QED) is 0.781. The van der Waals surface area contributed by atoms with Crippen LogP contribution in [0.1, 0.15) is 26.3 Å². The summed E-state index contributed by atoms with van der Waals surface area (Å²) in [6.07, 6.45) is 1.25. The first-order valence-corrected chi connectivity index (χ1v) is 7.70. The molecule has 2 rings (SSSR count). The molecule has 0 aliphatic carbocycles. The molecule has 0 aromatic heterocycles. The molecule has 0 spiro atoms. The van der Waals surface area contributed by atoms with Gasteiger partial charge in [0.2, 0.25) is 0 Å². The Labute approximate surface area is 145 Å². The second-order valence-corrected chi connectivity index (χ2v) is 5.48. The highest BCUT2D eigenvalue weighted by atomic mass is 35.5. The molecule has 2 aromatic carbocycles. The molecule has 0 fully saturated rings. The molecular weight excluding hydrogens is 330 g/mol. The lowest BCUT2D eigenvalue weighted by Gasteiger charge is -2.12. The zero-order valence-electron chi connectivity index (χ0n) is 13.5. The highest BCUT2D eigenvalue weighted by Gasteiger charge is 2.11. The average molecular weight is 348 g/mol. The standard InChI is InChI=1S/C18H18ClNO4/c1-23-16-9-12(14(11-21)10-17(16)24-2)6-7-20-18(22)13-4-3-5-15(19)8-13/h3-5,8-11H,6-7H2,1-2H3,(H,20,22). The topological polar surface area (TPSA) is 64.6 Å². The van der Waals surface area contributed by atoms with Crippen LogP contribution in [0, 0.1) is 0 Å². The van der Waals surface area contributed by atoms with Crippen LogP contribution < -0.4 is 14.8 Å². The molecule has 0 saturated heterocycles. The normalized spacial score (nSPS) is 10.1.